The van der Waals surface area contributed by atoms with Gasteiger partial charge in [0.25, 0.3) is 0 Å². The lowest BCUT2D eigenvalue weighted by atomic mass is 10.0. The first-order valence-corrected chi connectivity index (χ1v) is 12.8. The van der Waals surface area contributed by atoms with Crippen LogP contribution in [0.2, 0.25) is 5.02 Å². The molecule has 0 aliphatic carbocycles. The van der Waals surface area contributed by atoms with Gasteiger partial charge in [-0.3, -0.25) is 9.59 Å². The predicted molar refractivity (Wildman–Crippen MR) is 128 cm³/mol. The lowest BCUT2D eigenvalue weighted by Gasteiger charge is -2.37. The van der Waals surface area contributed by atoms with Crippen molar-refractivity contribution in [1.82, 2.24) is 9.62 Å². The molecular weight excluding hydrogens is 464 g/mol. The Labute approximate surface area is 198 Å². The maximum atomic E-state index is 12.7. The van der Waals surface area contributed by atoms with Crippen LogP contribution in [0.25, 0.3) is 0 Å². The third-order valence-electron chi connectivity index (χ3n) is 6.06. The van der Waals surface area contributed by atoms with Crippen LogP contribution in [0.3, 0.4) is 0 Å². The lowest BCUT2D eigenvalue weighted by molar-refractivity contribution is -0.131. The lowest BCUT2D eigenvalue weighted by Crippen LogP contribution is -2.49. The minimum Gasteiger partial charge on any atom is -0.368 e. The molecule has 2 N–H and O–H groups in total. The summed E-state index contributed by atoms with van der Waals surface area (Å²) in [6.07, 6.45) is 0.933. The van der Waals surface area contributed by atoms with Crippen molar-refractivity contribution in [2.75, 3.05) is 42.9 Å². The summed E-state index contributed by atoms with van der Waals surface area (Å²) in [6.45, 7) is 4.62. The summed E-state index contributed by atoms with van der Waals surface area (Å²) < 4.78 is 27.8. The van der Waals surface area contributed by atoms with Crippen LogP contribution in [0, 0.1) is 6.92 Å². The van der Waals surface area contributed by atoms with Gasteiger partial charge in [-0.25, -0.2) is 13.1 Å². The van der Waals surface area contributed by atoms with Gasteiger partial charge in [0.05, 0.1) is 4.90 Å². The molecule has 2 amide bonds. The highest BCUT2D eigenvalue weighted by Gasteiger charge is 2.23. The van der Waals surface area contributed by atoms with Crippen LogP contribution in [0.5, 0.6) is 0 Å². The van der Waals surface area contributed by atoms with Gasteiger partial charge in [-0.15, -0.1) is 0 Å². The van der Waals surface area contributed by atoms with E-state index in [0.717, 1.165) is 16.8 Å². The van der Waals surface area contributed by atoms with Gasteiger partial charge in [-0.1, -0.05) is 17.7 Å². The molecule has 176 valence electrons. The number of fused-ring (bicyclic) bond motifs is 1. The van der Waals surface area contributed by atoms with Crippen molar-refractivity contribution >= 4 is 44.8 Å². The molecule has 2 aliphatic rings. The SMILES string of the molecule is Cc1ccc(Cl)cc1N1CCN(C(=O)CCNS(=O)(=O)c2ccc3c(c2)CCC(=O)N3)CC1. The topological polar surface area (TPSA) is 98.8 Å². The fraction of sp³-hybridized carbons (Fsp3) is 0.391. The average Bonchev–Trinajstić information content (AvgIpc) is 2.80. The Kier molecular flexibility index (Phi) is 6.92. The number of aryl methyl sites for hydroxylation is 2. The molecule has 1 saturated heterocycles. The van der Waals surface area contributed by atoms with E-state index in [2.05, 4.69) is 14.9 Å². The van der Waals surface area contributed by atoms with Gasteiger partial charge in [0.1, 0.15) is 0 Å². The zero-order valence-corrected chi connectivity index (χ0v) is 20.0. The molecule has 33 heavy (non-hydrogen) atoms. The Balaban J connectivity index is 1.28. The molecule has 2 heterocycles. The van der Waals surface area contributed by atoms with Gasteiger partial charge in [0.15, 0.2) is 0 Å². The fourth-order valence-electron chi connectivity index (χ4n) is 4.18. The van der Waals surface area contributed by atoms with Crippen LogP contribution in [-0.4, -0.2) is 57.9 Å². The van der Waals surface area contributed by atoms with Crippen molar-refractivity contribution in [3.63, 3.8) is 0 Å². The van der Waals surface area contributed by atoms with E-state index in [1.807, 2.05) is 25.1 Å². The number of hydrogen-bond donors (Lipinski definition) is 2. The van der Waals surface area contributed by atoms with E-state index in [9.17, 15) is 18.0 Å². The fourth-order valence-corrected chi connectivity index (χ4v) is 5.43. The van der Waals surface area contributed by atoms with Gasteiger partial charge in [0, 0.05) is 62.0 Å². The number of rotatable bonds is 6. The Bertz CT molecular complexity index is 1180. The molecule has 0 unspecified atom stereocenters. The monoisotopic (exact) mass is 490 g/mol. The normalized spacial score (nSPS) is 16.4. The highest BCUT2D eigenvalue weighted by molar-refractivity contribution is 7.89. The van der Waals surface area contributed by atoms with E-state index in [1.165, 1.54) is 6.07 Å². The molecule has 0 bridgehead atoms. The van der Waals surface area contributed by atoms with Crippen molar-refractivity contribution < 1.29 is 18.0 Å². The maximum absolute atomic E-state index is 12.7. The highest BCUT2D eigenvalue weighted by Crippen LogP contribution is 2.26. The zero-order chi connectivity index (χ0) is 23.6. The zero-order valence-electron chi connectivity index (χ0n) is 18.4. The number of benzene rings is 2. The number of amides is 2. The first-order chi connectivity index (χ1) is 15.7. The van der Waals surface area contributed by atoms with E-state index in [4.69, 9.17) is 11.6 Å². The summed E-state index contributed by atoms with van der Waals surface area (Å²) in [4.78, 5) is 28.2. The van der Waals surface area contributed by atoms with E-state index >= 15 is 0 Å². The summed E-state index contributed by atoms with van der Waals surface area (Å²) in [5.41, 5.74) is 3.65. The number of nitrogens with one attached hydrogen (secondary N) is 2. The molecule has 8 nitrogen and oxygen atoms in total. The summed E-state index contributed by atoms with van der Waals surface area (Å²) in [6, 6.07) is 10.4. The smallest absolute Gasteiger partial charge is 0.240 e. The quantitative estimate of drug-likeness (QED) is 0.648. The minimum atomic E-state index is -3.74. The summed E-state index contributed by atoms with van der Waals surface area (Å²) in [5, 5.41) is 3.42. The second kappa shape index (κ2) is 9.70. The van der Waals surface area contributed by atoms with E-state index in [1.54, 1.807) is 17.0 Å². The third kappa shape index (κ3) is 5.48. The summed E-state index contributed by atoms with van der Waals surface area (Å²) in [7, 11) is -3.74. The Hall–Kier alpha value is -2.62. The van der Waals surface area contributed by atoms with Gasteiger partial charge >= 0.3 is 0 Å². The predicted octanol–water partition coefficient (Wildman–Crippen LogP) is 2.55. The molecule has 0 aromatic heterocycles. The highest BCUT2D eigenvalue weighted by atomic mass is 35.5. The Morgan fingerprint density at radius 2 is 1.85 bits per heavy atom. The first-order valence-electron chi connectivity index (χ1n) is 10.9. The molecule has 0 atom stereocenters. The van der Waals surface area contributed by atoms with Crippen LogP contribution in [0.4, 0.5) is 11.4 Å². The van der Waals surface area contributed by atoms with Crippen molar-refractivity contribution in [3.05, 3.63) is 52.5 Å². The molecular formula is C23H27ClN4O4S. The van der Waals surface area contributed by atoms with Crippen LogP contribution < -0.4 is 14.9 Å². The molecule has 4 rings (SSSR count). The van der Waals surface area contributed by atoms with Crippen LogP contribution in [0.1, 0.15) is 24.0 Å². The van der Waals surface area contributed by atoms with E-state index in [-0.39, 0.29) is 29.7 Å². The first kappa shape index (κ1) is 23.5. The second-order valence-electron chi connectivity index (χ2n) is 8.31. The van der Waals surface area contributed by atoms with Gasteiger partial charge in [0.2, 0.25) is 21.8 Å². The minimum absolute atomic E-state index is 0.0304. The maximum Gasteiger partial charge on any atom is 0.240 e. The van der Waals surface area contributed by atoms with Gasteiger partial charge in [-0.05, 0) is 54.8 Å². The third-order valence-corrected chi connectivity index (χ3v) is 7.75. The number of nitrogens with zero attached hydrogens (tertiary/aromatic N) is 2. The number of piperazine rings is 1. The Morgan fingerprint density at radius 3 is 2.61 bits per heavy atom. The molecule has 2 aromatic rings. The molecule has 0 saturated carbocycles. The van der Waals surface area contributed by atoms with Crippen molar-refractivity contribution in [2.45, 2.75) is 31.1 Å². The second-order valence-corrected chi connectivity index (χ2v) is 10.5. The Morgan fingerprint density at radius 1 is 1.09 bits per heavy atom. The number of carbonyl (C=O) groups is 2. The molecule has 10 heteroatoms. The van der Waals surface area contributed by atoms with Crippen LogP contribution in [0.15, 0.2) is 41.3 Å². The van der Waals surface area contributed by atoms with Crippen molar-refractivity contribution in [3.8, 4) is 0 Å². The van der Waals surface area contributed by atoms with E-state index < -0.39 is 10.0 Å². The van der Waals surface area contributed by atoms with Crippen molar-refractivity contribution in [1.29, 1.82) is 0 Å². The number of hydrogen-bond acceptors (Lipinski definition) is 5. The number of halogens is 1. The largest absolute Gasteiger partial charge is 0.368 e. The number of sulfonamides is 1. The van der Waals surface area contributed by atoms with Crippen LogP contribution in [-0.2, 0) is 26.0 Å². The van der Waals surface area contributed by atoms with Gasteiger partial charge in [-0.2, -0.15) is 0 Å². The van der Waals surface area contributed by atoms with Crippen LogP contribution >= 0.6 is 11.6 Å². The summed E-state index contributed by atoms with van der Waals surface area (Å²) >= 11 is 6.13. The molecule has 2 aromatic carbocycles. The van der Waals surface area contributed by atoms with Crippen molar-refractivity contribution in [2.24, 2.45) is 0 Å². The standard InChI is InChI=1S/C23H27ClN4O4S/c1-16-2-4-18(24)15-21(16)27-10-12-28(13-11-27)23(30)8-9-25-33(31,32)19-5-6-20-17(14-19)3-7-22(29)26-20/h2,4-6,14-15,25H,3,7-13H2,1H3,(H,26,29). The molecule has 2 aliphatic heterocycles. The van der Waals surface area contributed by atoms with E-state index in [0.29, 0.717) is 49.7 Å². The van der Waals surface area contributed by atoms with Gasteiger partial charge < -0.3 is 15.1 Å². The number of carbonyl (C=O) groups excluding carboxylic acids is 2. The molecule has 1 fully saturated rings. The average molecular weight is 491 g/mol. The summed E-state index contributed by atoms with van der Waals surface area (Å²) in [5.74, 6) is -0.147. The molecule has 0 radical (unpaired) electrons. The number of anilines is 2. The molecule has 0 spiro atoms.